The first-order valence-corrected chi connectivity index (χ1v) is 11.0. The van der Waals surface area contributed by atoms with Crippen molar-refractivity contribution in [2.24, 2.45) is 0 Å². The molecular formula is C18H22N2O3S2. The lowest BCUT2D eigenvalue weighted by atomic mass is 10.1. The van der Waals surface area contributed by atoms with E-state index >= 15 is 0 Å². The summed E-state index contributed by atoms with van der Waals surface area (Å²) in [7, 11) is -1.30. The molecule has 0 saturated carbocycles. The van der Waals surface area contributed by atoms with Crippen molar-refractivity contribution in [2.45, 2.75) is 36.6 Å². The van der Waals surface area contributed by atoms with E-state index in [9.17, 15) is 13.2 Å². The number of sulfone groups is 1. The summed E-state index contributed by atoms with van der Waals surface area (Å²) in [4.78, 5) is 18.9. The summed E-state index contributed by atoms with van der Waals surface area (Å²) < 4.78 is 23.3. The Morgan fingerprint density at radius 2 is 2.08 bits per heavy atom. The smallest absolute Gasteiger partial charge is 0.235 e. The zero-order valence-corrected chi connectivity index (χ0v) is 16.2. The van der Waals surface area contributed by atoms with Crippen LogP contribution in [0.25, 0.3) is 10.9 Å². The van der Waals surface area contributed by atoms with E-state index in [1.807, 2.05) is 44.2 Å². The van der Waals surface area contributed by atoms with Crippen LogP contribution < -0.4 is 0 Å². The lowest BCUT2D eigenvalue weighted by Gasteiger charge is -2.26. The average molecular weight is 379 g/mol. The summed E-state index contributed by atoms with van der Waals surface area (Å²) in [5, 5.41) is 1.60. The van der Waals surface area contributed by atoms with Gasteiger partial charge in [-0.25, -0.2) is 13.4 Å². The third-order valence-corrected chi connectivity index (χ3v) is 7.40. The van der Waals surface area contributed by atoms with E-state index in [0.717, 1.165) is 21.5 Å². The van der Waals surface area contributed by atoms with Crippen LogP contribution in [0.3, 0.4) is 0 Å². The van der Waals surface area contributed by atoms with Crippen molar-refractivity contribution in [3.05, 3.63) is 35.9 Å². The molecule has 1 aromatic carbocycles. The minimum atomic E-state index is -3.00. The molecule has 25 heavy (non-hydrogen) atoms. The summed E-state index contributed by atoms with van der Waals surface area (Å²) in [5.74, 6) is 0.182. The van der Waals surface area contributed by atoms with Crippen LogP contribution in [-0.4, -0.2) is 54.1 Å². The van der Waals surface area contributed by atoms with Crippen molar-refractivity contribution in [2.75, 3.05) is 18.6 Å². The Labute approximate surface area is 152 Å². The molecule has 2 heterocycles. The molecule has 1 aliphatic rings. The molecule has 1 saturated heterocycles. The summed E-state index contributed by atoms with van der Waals surface area (Å²) >= 11 is 1.42. The SMILES string of the molecule is Cc1cc(SC(C)C(=O)N(C)C2CCS(=O)(=O)C2)nc2ccccc12. The molecular weight excluding hydrogens is 356 g/mol. The monoisotopic (exact) mass is 378 g/mol. The van der Waals surface area contributed by atoms with E-state index in [1.165, 1.54) is 11.8 Å². The fourth-order valence-electron chi connectivity index (χ4n) is 3.16. The average Bonchev–Trinajstić information content (AvgIpc) is 2.93. The second-order valence-electron chi connectivity index (χ2n) is 6.56. The van der Waals surface area contributed by atoms with Gasteiger partial charge in [-0.3, -0.25) is 4.79 Å². The number of rotatable bonds is 4. The van der Waals surface area contributed by atoms with Crippen molar-refractivity contribution in [1.82, 2.24) is 9.88 Å². The molecule has 0 aliphatic carbocycles. The molecule has 1 aromatic heterocycles. The highest BCUT2D eigenvalue weighted by Crippen LogP contribution is 2.28. The maximum atomic E-state index is 12.7. The lowest BCUT2D eigenvalue weighted by Crippen LogP contribution is -2.41. The number of para-hydroxylation sites is 1. The van der Waals surface area contributed by atoms with Gasteiger partial charge in [0.1, 0.15) is 0 Å². The Balaban J connectivity index is 1.73. The Bertz CT molecular complexity index is 912. The number of aryl methyl sites for hydroxylation is 1. The van der Waals surface area contributed by atoms with Gasteiger partial charge >= 0.3 is 0 Å². The van der Waals surface area contributed by atoms with Crippen LogP contribution in [0.1, 0.15) is 18.9 Å². The summed E-state index contributed by atoms with van der Waals surface area (Å²) in [6.07, 6.45) is 0.523. The predicted octanol–water partition coefficient (Wildman–Crippen LogP) is 2.67. The minimum absolute atomic E-state index is 0.0558. The number of amides is 1. The number of hydrogen-bond donors (Lipinski definition) is 0. The van der Waals surface area contributed by atoms with Gasteiger partial charge in [0.25, 0.3) is 0 Å². The van der Waals surface area contributed by atoms with Gasteiger partial charge in [0.15, 0.2) is 9.84 Å². The normalized spacial score (nSPS) is 20.5. The Hall–Kier alpha value is -1.60. The molecule has 0 radical (unpaired) electrons. The molecule has 2 unspecified atom stereocenters. The number of nitrogens with zero attached hydrogens (tertiary/aromatic N) is 2. The second-order valence-corrected chi connectivity index (χ2v) is 10.2. The topological polar surface area (TPSA) is 67.3 Å². The third-order valence-electron chi connectivity index (χ3n) is 4.65. The highest BCUT2D eigenvalue weighted by Gasteiger charge is 2.34. The van der Waals surface area contributed by atoms with E-state index < -0.39 is 9.84 Å². The second kappa shape index (κ2) is 6.96. The van der Waals surface area contributed by atoms with Gasteiger partial charge in [0.05, 0.1) is 27.3 Å². The van der Waals surface area contributed by atoms with Crippen LogP contribution in [0.4, 0.5) is 0 Å². The van der Waals surface area contributed by atoms with Gasteiger partial charge in [-0.05, 0) is 38.0 Å². The number of fused-ring (bicyclic) bond motifs is 1. The standard InChI is InChI=1S/C18H22N2O3S2/c1-12-10-17(19-16-7-5-4-6-15(12)16)24-13(2)18(21)20(3)14-8-9-25(22,23)11-14/h4-7,10,13-14H,8-9,11H2,1-3H3. The van der Waals surface area contributed by atoms with Gasteiger partial charge in [0.2, 0.25) is 5.91 Å². The van der Waals surface area contributed by atoms with Gasteiger partial charge < -0.3 is 4.90 Å². The molecule has 1 aliphatic heterocycles. The molecule has 0 N–H and O–H groups in total. The van der Waals surface area contributed by atoms with Crippen LogP contribution in [0.2, 0.25) is 0 Å². The summed E-state index contributed by atoms with van der Waals surface area (Å²) in [5.41, 5.74) is 2.04. The van der Waals surface area contributed by atoms with Crippen LogP contribution in [0, 0.1) is 6.92 Å². The Morgan fingerprint density at radius 3 is 2.76 bits per heavy atom. The molecule has 3 rings (SSSR count). The van der Waals surface area contributed by atoms with Crippen LogP contribution in [0.5, 0.6) is 0 Å². The highest BCUT2D eigenvalue weighted by molar-refractivity contribution is 8.00. The zero-order chi connectivity index (χ0) is 18.2. The third kappa shape index (κ3) is 3.98. The molecule has 0 bridgehead atoms. The first kappa shape index (κ1) is 18.2. The maximum absolute atomic E-state index is 12.7. The predicted molar refractivity (Wildman–Crippen MR) is 102 cm³/mol. The summed E-state index contributed by atoms with van der Waals surface area (Å²) in [6.45, 7) is 3.88. The first-order valence-electron chi connectivity index (χ1n) is 8.27. The van der Waals surface area contributed by atoms with Crippen LogP contribution >= 0.6 is 11.8 Å². The molecule has 1 amide bonds. The number of aromatic nitrogens is 1. The molecule has 0 spiro atoms. The number of benzene rings is 1. The minimum Gasteiger partial charge on any atom is -0.341 e. The molecule has 7 heteroatoms. The van der Waals surface area contributed by atoms with E-state index in [2.05, 4.69) is 4.98 Å². The largest absolute Gasteiger partial charge is 0.341 e. The van der Waals surface area contributed by atoms with E-state index in [0.29, 0.717) is 6.42 Å². The van der Waals surface area contributed by atoms with Crippen molar-refractivity contribution in [3.63, 3.8) is 0 Å². The van der Waals surface area contributed by atoms with Crippen molar-refractivity contribution < 1.29 is 13.2 Å². The van der Waals surface area contributed by atoms with Gasteiger partial charge in [-0.1, -0.05) is 30.0 Å². The number of carbonyl (C=O) groups is 1. The first-order chi connectivity index (χ1) is 11.8. The molecule has 2 aromatic rings. The quantitative estimate of drug-likeness (QED) is 0.765. The Kier molecular flexibility index (Phi) is 5.06. The molecule has 134 valence electrons. The van der Waals surface area contributed by atoms with Crippen molar-refractivity contribution in [3.8, 4) is 0 Å². The number of pyridine rings is 1. The van der Waals surface area contributed by atoms with Gasteiger partial charge in [-0.2, -0.15) is 0 Å². The fraction of sp³-hybridized carbons (Fsp3) is 0.444. The number of thioether (sulfide) groups is 1. The van der Waals surface area contributed by atoms with Crippen molar-refractivity contribution in [1.29, 1.82) is 0 Å². The number of hydrogen-bond acceptors (Lipinski definition) is 5. The highest BCUT2D eigenvalue weighted by atomic mass is 32.2. The van der Waals surface area contributed by atoms with E-state index in [4.69, 9.17) is 0 Å². The molecule has 5 nitrogen and oxygen atoms in total. The van der Waals surface area contributed by atoms with Gasteiger partial charge in [0, 0.05) is 18.5 Å². The van der Waals surface area contributed by atoms with Crippen LogP contribution in [0.15, 0.2) is 35.4 Å². The number of carbonyl (C=O) groups excluding carboxylic acids is 1. The fourth-order valence-corrected chi connectivity index (χ4v) is 5.96. The maximum Gasteiger partial charge on any atom is 0.235 e. The van der Waals surface area contributed by atoms with Gasteiger partial charge in [-0.15, -0.1) is 0 Å². The Morgan fingerprint density at radius 1 is 1.36 bits per heavy atom. The summed E-state index contributed by atoms with van der Waals surface area (Å²) in [6, 6.07) is 9.72. The van der Waals surface area contributed by atoms with E-state index in [-0.39, 0.29) is 28.7 Å². The molecule has 2 atom stereocenters. The zero-order valence-electron chi connectivity index (χ0n) is 14.6. The van der Waals surface area contributed by atoms with E-state index in [1.54, 1.807) is 11.9 Å². The van der Waals surface area contributed by atoms with Crippen LogP contribution in [-0.2, 0) is 14.6 Å². The molecule has 1 fully saturated rings. The lowest BCUT2D eigenvalue weighted by molar-refractivity contribution is -0.130. The van der Waals surface area contributed by atoms with Crippen molar-refractivity contribution >= 4 is 38.4 Å².